The van der Waals surface area contributed by atoms with Gasteiger partial charge in [-0.15, -0.1) is 0 Å². The third kappa shape index (κ3) is 2.86. The molecule has 3 rings (SSSR count). The first-order chi connectivity index (χ1) is 10.1. The van der Waals surface area contributed by atoms with Gasteiger partial charge in [-0.05, 0) is 30.9 Å². The van der Waals surface area contributed by atoms with Crippen molar-refractivity contribution in [2.75, 3.05) is 13.1 Å². The summed E-state index contributed by atoms with van der Waals surface area (Å²) in [6.45, 7) is 4.83. The quantitative estimate of drug-likeness (QED) is 0.679. The molecule has 5 heteroatoms. The Morgan fingerprint density at radius 1 is 1.43 bits per heavy atom. The van der Waals surface area contributed by atoms with Gasteiger partial charge >= 0.3 is 0 Å². The summed E-state index contributed by atoms with van der Waals surface area (Å²) in [6, 6.07) is 8.13. The summed E-state index contributed by atoms with van der Waals surface area (Å²) in [5, 5.41) is 0. The van der Waals surface area contributed by atoms with Gasteiger partial charge in [-0.3, -0.25) is 0 Å². The van der Waals surface area contributed by atoms with E-state index in [0.717, 1.165) is 29.9 Å². The average molecular weight is 285 g/mol. The molecule has 1 unspecified atom stereocenters. The zero-order chi connectivity index (χ0) is 14.8. The molecule has 1 aromatic heterocycles. The molecule has 0 spiro atoms. The van der Waals surface area contributed by atoms with Crippen molar-refractivity contribution in [1.29, 1.82) is 0 Å². The third-order valence-electron chi connectivity index (χ3n) is 4.24. The molecule has 0 aliphatic carbocycles. The molecule has 1 saturated heterocycles. The second-order valence-electron chi connectivity index (χ2n) is 5.94. The number of likely N-dealkylation sites (tertiary alicyclic amines) is 1. The number of piperidine rings is 1. The fourth-order valence-electron chi connectivity index (χ4n) is 2.99. The lowest BCUT2D eigenvalue weighted by atomic mass is 10.0. The lowest BCUT2D eigenvalue weighted by molar-refractivity contribution is 0.270. The van der Waals surface area contributed by atoms with Crippen LogP contribution in [0, 0.1) is 5.92 Å². The lowest BCUT2D eigenvalue weighted by Gasteiger charge is -2.31. The Labute approximate surface area is 125 Å². The highest BCUT2D eigenvalue weighted by molar-refractivity contribution is 5.78. The third-order valence-corrected chi connectivity index (χ3v) is 4.24. The van der Waals surface area contributed by atoms with Gasteiger partial charge in [0.05, 0.1) is 11.0 Å². The van der Waals surface area contributed by atoms with E-state index in [2.05, 4.69) is 32.4 Å². The molecular formula is C16H23N5. The molecule has 112 valence electrons. The average Bonchev–Trinajstić information content (AvgIpc) is 2.82. The van der Waals surface area contributed by atoms with Gasteiger partial charge < -0.3 is 15.2 Å². The van der Waals surface area contributed by atoms with Crippen molar-refractivity contribution in [1.82, 2.24) is 14.5 Å². The number of guanidine groups is 1. The van der Waals surface area contributed by atoms with E-state index < -0.39 is 0 Å². The van der Waals surface area contributed by atoms with E-state index in [4.69, 9.17) is 5.73 Å². The molecule has 1 aliphatic heterocycles. The first-order valence-corrected chi connectivity index (χ1v) is 7.60. The SMILES string of the molecule is CC1CCCN(C(N)=NCc2nc3ccccc3n2C)C1. The maximum atomic E-state index is 6.14. The van der Waals surface area contributed by atoms with Crippen molar-refractivity contribution in [2.45, 2.75) is 26.3 Å². The summed E-state index contributed by atoms with van der Waals surface area (Å²) in [5.74, 6) is 2.29. The second kappa shape index (κ2) is 5.76. The molecule has 1 aliphatic rings. The predicted octanol–water partition coefficient (Wildman–Crippen LogP) is 2.12. The van der Waals surface area contributed by atoms with E-state index in [-0.39, 0.29) is 0 Å². The second-order valence-corrected chi connectivity index (χ2v) is 5.94. The fourth-order valence-corrected chi connectivity index (χ4v) is 2.99. The molecule has 21 heavy (non-hydrogen) atoms. The van der Waals surface area contributed by atoms with Crippen LogP contribution in [-0.4, -0.2) is 33.5 Å². The van der Waals surface area contributed by atoms with Crippen molar-refractivity contribution in [2.24, 2.45) is 23.7 Å². The van der Waals surface area contributed by atoms with E-state index >= 15 is 0 Å². The Kier molecular flexibility index (Phi) is 3.82. The predicted molar refractivity (Wildman–Crippen MR) is 86.0 cm³/mol. The molecule has 2 aromatic rings. The fraction of sp³-hybridized carbons (Fsp3) is 0.500. The summed E-state index contributed by atoms with van der Waals surface area (Å²) in [6.07, 6.45) is 2.48. The van der Waals surface area contributed by atoms with Gasteiger partial charge in [0.15, 0.2) is 5.96 Å². The summed E-state index contributed by atoms with van der Waals surface area (Å²) < 4.78 is 2.09. The minimum Gasteiger partial charge on any atom is -0.370 e. The van der Waals surface area contributed by atoms with Crippen molar-refractivity contribution >= 4 is 17.0 Å². The molecule has 5 nitrogen and oxygen atoms in total. The number of nitrogens with two attached hydrogens (primary N) is 1. The number of hydrogen-bond donors (Lipinski definition) is 1. The number of aromatic nitrogens is 2. The number of rotatable bonds is 2. The summed E-state index contributed by atoms with van der Waals surface area (Å²) >= 11 is 0. The minimum absolute atomic E-state index is 0.530. The molecular weight excluding hydrogens is 262 g/mol. The van der Waals surface area contributed by atoms with Gasteiger partial charge in [0.2, 0.25) is 0 Å². The number of nitrogens with zero attached hydrogens (tertiary/aromatic N) is 4. The topological polar surface area (TPSA) is 59.4 Å². The van der Waals surface area contributed by atoms with E-state index in [9.17, 15) is 0 Å². The van der Waals surface area contributed by atoms with Crippen molar-refractivity contribution in [3.63, 3.8) is 0 Å². The van der Waals surface area contributed by atoms with Crippen LogP contribution in [0.25, 0.3) is 11.0 Å². The molecule has 2 N–H and O–H groups in total. The molecule has 0 saturated carbocycles. The van der Waals surface area contributed by atoms with E-state index in [1.54, 1.807) is 0 Å². The van der Waals surface area contributed by atoms with Crippen LogP contribution in [0.1, 0.15) is 25.6 Å². The molecule has 2 heterocycles. The van der Waals surface area contributed by atoms with Gasteiger partial charge in [-0.25, -0.2) is 9.98 Å². The van der Waals surface area contributed by atoms with Crippen LogP contribution in [-0.2, 0) is 13.6 Å². The smallest absolute Gasteiger partial charge is 0.191 e. The zero-order valence-corrected chi connectivity index (χ0v) is 12.8. The Morgan fingerprint density at radius 2 is 2.24 bits per heavy atom. The Balaban J connectivity index is 1.75. The van der Waals surface area contributed by atoms with E-state index in [1.807, 2.05) is 25.2 Å². The molecule has 1 fully saturated rings. The maximum absolute atomic E-state index is 6.14. The Bertz CT molecular complexity index is 658. The van der Waals surface area contributed by atoms with Gasteiger partial charge in [-0.2, -0.15) is 0 Å². The largest absolute Gasteiger partial charge is 0.370 e. The van der Waals surface area contributed by atoms with E-state index in [1.165, 1.54) is 12.8 Å². The Hall–Kier alpha value is -2.04. The van der Waals surface area contributed by atoms with Crippen LogP contribution in [0.4, 0.5) is 0 Å². The van der Waals surface area contributed by atoms with Gasteiger partial charge in [0.25, 0.3) is 0 Å². The number of fused-ring (bicyclic) bond motifs is 1. The first-order valence-electron chi connectivity index (χ1n) is 7.60. The Morgan fingerprint density at radius 3 is 3.00 bits per heavy atom. The van der Waals surface area contributed by atoms with Gasteiger partial charge in [0, 0.05) is 20.1 Å². The monoisotopic (exact) mass is 285 g/mol. The van der Waals surface area contributed by atoms with Crippen molar-refractivity contribution in [3.05, 3.63) is 30.1 Å². The standard InChI is InChI=1S/C16H23N5/c1-12-6-5-9-21(11-12)16(17)18-10-15-19-13-7-3-4-8-14(13)20(15)2/h3-4,7-8,12H,5-6,9-11H2,1-2H3,(H2,17,18). The number of para-hydroxylation sites is 2. The molecule has 1 atom stereocenters. The van der Waals surface area contributed by atoms with Crippen LogP contribution < -0.4 is 5.73 Å². The highest BCUT2D eigenvalue weighted by Crippen LogP contribution is 2.16. The number of aliphatic imine (C=N–C) groups is 1. The van der Waals surface area contributed by atoms with Crippen molar-refractivity contribution in [3.8, 4) is 0 Å². The number of benzene rings is 1. The first kappa shape index (κ1) is 13.9. The molecule has 0 amide bonds. The van der Waals surface area contributed by atoms with Crippen LogP contribution in [0.3, 0.4) is 0 Å². The van der Waals surface area contributed by atoms with Crippen LogP contribution in [0.5, 0.6) is 0 Å². The number of hydrogen-bond acceptors (Lipinski definition) is 2. The zero-order valence-electron chi connectivity index (χ0n) is 12.8. The molecule has 0 radical (unpaired) electrons. The summed E-state index contributed by atoms with van der Waals surface area (Å²) in [4.78, 5) is 11.4. The van der Waals surface area contributed by atoms with Crippen LogP contribution >= 0.6 is 0 Å². The minimum atomic E-state index is 0.530. The van der Waals surface area contributed by atoms with Gasteiger partial charge in [-0.1, -0.05) is 19.1 Å². The van der Waals surface area contributed by atoms with Crippen LogP contribution in [0.2, 0.25) is 0 Å². The highest BCUT2D eigenvalue weighted by Gasteiger charge is 2.17. The normalized spacial score (nSPS) is 20.2. The van der Waals surface area contributed by atoms with Crippen molar-refractivity contribution < 1.29 is 0 Å². The van der Waals surface area contributed by atoms with E-state index in [0.29, 0.717) is 18.4 Å². The summed E-state index contributed by atoms with van der Waals surface area (Å²) in [5.41, 5.74) is 8.28. The highest BCUT2D eigenvalue weighted by atomic mass is 15.3. The lowest BCUT2D eigenvalue weighted by Crippen LogP contribution is -2.43. The maximum Gasteiger partial charge on any atom is 0.191 e. The number of aryl methyl sites for hydroxylation is 1. The number of imidazole rings is 1. The molecule has 1 aromatic carbocycles. The summed E-state index contributed by atoms with van der Waals surface area (Å²) in [7, 11) is 2.03. The van der Waals surface area contributed by atoms with Crippen LogP contribution in [0.15, 0.2) is 29.3 Å². The van der Waals surface area contributed by atoms with Gasteiger partial charge in [0.1, 0.15) is 12.4 Å². The molecule has 0 bridgehead atoms.